The van der Waals surface area contributed by atoms with Crippen LogP contribution < -0.4 is 5.32 Å². The Balaban J connectivity index is 2.43. The van der Waals surface area contributed by atoms with Gasteiger partial charge in [0.25, 0.3) is 11.8 Å². The standard InChI is InChI=1S/C18H26N4O2/c1-4-10-19-17(23)15-14-9-7-8-13-22(14)16(20-15)18(24)21(11-5-2)12-6-3/h7-9,13H,4-6,10-12H2,1-3H3,(H,19,23). The quantitative estimate of drug-likeness (QED) is 0.809. The summed E-state index contributed by atoms with van der Waals surface area (Å²) in [5.41, 5.74) is 0.961. The van der Waals surface area contributed by atoms with E-state index in [-0.39, 0.29) is 11.8 Å². The molecule has 0 aliphatic rings. The highest BCUT2D eigenvalue weighted by Crippen LogP contribution is 2.15. The summed E-state index contributed by atoms with van der Waals surface area (Å²) in [6, 6.07) is 5.50. The van der Waals surface area contributed by atoms with Gasteiger partial charge in [0.1, 0.15) is 0 Å². The average molecular weight is 330 g/mol. The second-order valence-corrected chi connectivity index (χ2v) is 5.79. The molecular weight excluding hydrogens is 304 g/mol. The number of rotatable bonds is 8. The number of nitrogens with zero attached hydrogens (tertiary/aromatic N) is 3. The maximum atomic E-state index is 12.9. The molecule has 0 aliphatic heterocycles. The lowest BCUT2D eigenvalue weighted by Crippen LogP contribution is -2.34. The molecule has 6 nitrogen and oxygen atoms in total. The van der Waals surface area contributed by atoms with Crippen LogP contribution in [0.2, 0.25) is 0 Å². The number of amides is 2. The van der Waals surface area contributed by atoms with Crippen LogP contribution in [0.1, 0.15) is 61.1 Å². The number of pyridine rings is 1. The first kappa shape index (κ1) is 18.0. The van der Waals surface area contributed by atoms with Crippen molar-refractivity contribution in [2.24, 2.45) is 0 Å². The van der Waals surface area contributed by atoms with Crippen molar-refractivity contribution in [2.75, 3.05) is 19.6 Å². The third-order valence-corrected chi connectivity index (χ3v) is 3.76. The molecule has 2 amide bonds. The van der Waals surface area contributed by atoms with Gasteiger partial charge in [-0.05, 0) is 31.4 Å². The molecule has 0 saturated carbocycles. The topological polar surface area (TPSA) is 66.7 Å². The molecule has 6 heteroatoms. The molecule has 2 rings (SSSR count). The van der Waals surface area contributed by atoms with Gasteiger partial charge in [-0.2, -0.15) is 0 Å². The maximum Gasteiger partial charge on any atom is 0.290 e. The number of hydrogen-bond donors (Lipinski definition) is 1. The number of nitrogens with one attached hydrogen (secondary N) is 1. The van der Waals surface area contributed by atoms with Crippen LogP contribution in [0, 0.1) is 0 Å². The zero-order valence-corrected chi connectivity index (χ0v) is 14.7. The van der Waals surface area contributed by atoms with Crippen LogP contribution in [-0.4, -0.2) is 45.7 Å². The van der Waals surface area contributed by atoms with Gasteiger partial charge in [0.05, 0.1) is 5.52 Å². The van der Waals surface area contributed by atoms with Gasteiger partial charge < -0.3 is 10.2 Å². The molecule has 0 spiro atoms. The van der Waals surface area contributed by atoms with Gasteiger partial charge >= 0.3 is 0 Å². The van der Waals surface area contributed by atoms with Gasteiger partial charge in [0.15, 0.2) is 5.69 Å². The molecule has 0 unspecified atom stereocenters. The maximum absolute atomic E-state index is 12.9. The molecule has 2 aromatic heterocycles. The highest BCUT2D eigenvalue weighted by atomic mass is 16.2. The fraction of sp³-hybridized carbons (Fsp3) is 0.500. The SMILES string of the molecule is CCCNC(=O)c1nc(C(=O)N(CCC)CCC)n2ccccc12. The van der Waals surface area contributed by atoms with Crippen molar-refractivity contribution < 1.29 is 9.59 Å². The third kappa shape index (κ3) is 3.75. The molecule has 0 aromatic carbocycles. The predicted octanol–water partition coefficient (Wildman–Crippen LogP) is 2.74. The number of aromatic nitrogens is 2. The molecule has 2 aromatic rings. The van der Waals surface area contributed by atoms with Crippen LogP contribution in [0.3, 0.4) is 0 Å². The van der Waals surface area contributed by atoms with Crippen LogP contribution in [0.25, 0.3) is 5.52 Å². The van der Waals surface area contributed by atoms with Crippen LogP contribution in [0.15, 0.2) is 24.4 Å². The molecule has 1 N–H and O–H groups in total. The van der Waals surface area contributed by atoms with Crippen molar-refractivity contribution in [1.29, 1.82) is 0 Å². The van der Waals surface area contributed by atoms with Gasteiger partial charge in [-0.3, -0.25) is 14.0 Å². The summed E-state index contributed by atoms with van der Waals surface area (Å²) in [4.78, 5) is 31.5. The van der Waals surface area contributed by atoms with Crippen molar-refractivity contribution in [1.82, 2.24) is 19.6 Å². The van der Waals surface area contributed by atoms with Gasteiger partial charge in [-0.1, -0.05) is 26.8 Å². The van der Waals surface area contributed by atoms with Crippen LogP contribution in [0.5, 0.6) is 0 Å². The summed E-state index contributed by atoms with van der Waals surface area (Å²) >= 11 is 0. The van der Waals surface area contributed by atoms with Gasteiger partial charge in [0, 0.05) is 25.8 Å². The van der Waals surface area contributed by atoms with Gasteiger partial charge in [-0.25, -0.2) is 4.98 Å². The van der Waals surface area contributed by atoms with Crippen molar-refractivity contribution in [3.05, 3.63) is 35.9 Å². The van der Waals surface area contributed by atoms with E-state index in [9.17, 15) is 9.59 Å². The van der Waals surface area contributed by atoms with E-state index < -0.39 is 0 Å². The molecular formula is C18H26N4O2. The number of imidazole rings is 1. The molecule has 130 valence electrons. The number of carbonyl (C=O) groups excluding carboxylic acids is 2. The monoisotopic (exact) mass is 330 g/mol. The van der Waals surface area contributed by atoms with Crippen molar-refractivity contribution in [2.45, 2.75) is 40.0 Å². The Kier molecular flexibility index (Phi) is 6.35. The van der Waals surface area contributed by atoms with E-state index in [0.717, 1.165) is 19.3 Å². The summed E-state index contributed by atoms with van der Waals surface area (Å²) in [6.45, 7) is 8.05. The normalized spacial score (nSPS) is 10.8. The lowest BCUT2D eigenvalue weighted by atomic mass is 10.3. The summed E-state index contributed by atoms with van der Waals surface area (Å²) in [5, 5.41) is 2.83. The Morgan fingerprint density at radius 3 is 2.46 bits per heavy atom. The first-order valence-electron chi connectivity index (χ1n) is 8.68. The molecule has 0 fully saturated rings. The summed E-state index contributed by atoms with van der Waals surface area (Å²) in [7, 11) is 0. The average Bonchev–Trinajstić information content (AvgIpc) is 2.98. The second kappa shape index (κ2) is 8.47. The predicted molar refractivity (Wildman–Crippen MR) is 94.3 cm³/mol. The first-order valence-corrected chi connectivity index (χ1v) is 8.68. The zero-order valence-electron chi connectivity index (χ0n) is 14.7. The van der Waals surface area contributed by atoms with Crippen LogP contribution in [0.4, 0.5) is 0 Å². The van der Waals surface area contributed by atoms with Crippen LogP contribution >= 0.6 is 0 Å². The minimum atomic E-state index is -0.239. The fourth-order valence-electron chi connectivity index (χ4n) is 2.67. The van der Waals surface area contributed by atoms with E-state index >= 15 is 0 Å². The Morgan fingerprint density at radius 2 is 1.83 bits per heavy atom. The Hall–Kier alpha value is -2.37. The molecule has 2 heterocycles. The van der Waals surface area contributed by atoms with Crippen molar-refractivity contribution in [3.63, 3.8) is 0 Å². The molecule has 24 heavy (non-hydrogen) atoms. The Labute approximate surface area is 142 Å². The molecule has 0 atom stereocenters. The Morgan fingerprint density at radius 1 is 1.12 bits per heavy atom. The largest absolute Gasteiger partial charge is 0.351 e. The minimum absolute atomic E-state index is 0.130. The van der Waals surface area contributed by atoms with E-state index in [1.165, 1.54) is 0 Å². The van der Waals surface area contributed by atoms with E-state index in [4.69, 9.17) is 0 Å². The van der Waals surface area contributed by atoms with E-state index in [2.05, 4.69) is 10.3 Å². The van der Waals surface area contributed by atoms with Gasteiger partial charge in [-0.15, -0.1) is 0 Å². The van der Waals surface area contributed by atoms with Crippen molar-refractivity contribution >= 4 is 17.3 Å². The Bertz CT molecular complexity index is 702. The molecule has 0 aliphatic carbocycles. The smallest absolute Gasteiger partial charge is 0.290 e. The van der Waals surface area contributed by atoms with E-state index in [1.807, 2.05) is 39.0 Å². The van der Waals surface area contributed by atoms with Crippen LogP contribution in [-0.2, 0) is 0 Å². The highest BCUT2D eigenvalue weighted by molar-refractivity contribution is 6.02. The fourth-order valence-corrected chi connectivity index (χ4v) is 2.67. The number of hydrogen-bond acceptors (Lipinski definition) is 3. The first-order chi connectivity index (χ1) is 11.6. The lowest BCUT2D eigenvalue weighted by Gasteiger charge is -2.20. The zero-order chi connectivity index (χ0) is 17.5. The van der Waals surface area contributed by atoms with Crippen molar-refractivity contribution in [3.8, 4) is 0 Å². The lowest BCUT2D eigenvalue weighted by molar-refractivity contribution is 0.0742. The highest BCUT2D eigenvalue weighted by Gasteiger charge is 2.24. The molecule has 0 bridgehead atoms. The summed E-state index contributed by atoms with van der Waals surface area (Å²) < 4.78 is 1.71. The van der Waals surface area contributed by atoms with E-state index in [0.29, 0.717) is 36.7 Å². The second-order valence-electron chi connectivity index (χ2n) is 5.79. The summed E-state index contributed by atoms with van der Waals surface area (Å²) in [5.74, 6) is -0.0688. The third-order valence-electron chi connectivity index (χ3n) is 3.76. The van der Waals surface area contributed by atoms with Gasteiger partial charge in [0.2, 0.25) is 5.82 Å². The molecule has 0 radical (unpaired) electrons. The minimum Gasteiger partial charge on any atom is -0.351 e. The number of fused-ring (bicyclic) bond motifs is 1. The summed E-state index contributed by atoms with van der Waals surface area (Å²) in [6.07, 6.45) is 4.41. The molecule has 0 saturated heterocycles. The van der Waals surface area contributed by atoms with E-state index in [1.54, 1.807) is 15.5 Å². The number of carbonyl (C=O) groups is 2.